The summed E-state index contributed by atoms with van der Waals surface area (Å²) in [6.45, 7) is 0.626. The second-order valence-corrected chi connectivity index (χ2v) is 2.76. The minimum absolute atomic E-state index is 0. The largest absolute Gasteiger partial charge is 0.480 e. The van der Waals surface area contributed by atoms with Crippen LogP contribution in [0.2, 0.25) is 0 Å². The van der Waals surface area contributed by atoms with Gasteiger partial charge in [0.2, 0.25) is 0 Å². The van der Waals surface area contributed by atoms with Crippen LogP contribution in [0.4, 0.5) is 0 Å². The molecule has 0 amide bonds. The number of carbonyl (C=O) groups is 1. The van der Waals surface area contributed by atoms with E-state index >= 15 is 0 Å². The quantitative estimate of drug-likeness (QED) is 0.121. The highest BCUT2D eigenvalue weighted by Gasteiger charge is 2.09. The number of halogens is 1. The van der Waals surface area contributed by atoms with Crippen LogP contribution in [-0.2, 0) is 4.79 Å². The van der Waals surface area contributed by atoms with E-state index in [1.807, 2.05) is 0 Å². The number of hydrogen-bond donors (Lipinski definition) is 5. The van der Waals surface area contributed by atoms with Gasteiger partial charge < -0.3 is 10.8 Å². The molecule has 7 nitrogen and oxygen atoms in total. The standard InChI is InChI=1S/C7H17N5O2.ClH/c8-6(7(13)14)3-1-2-4-10-5-11-12-9;/h5-6,12H,1-4,8-9H2,(H,10,11)(H,13,14);1H/t6-;/m0./s1. The molecule has 0 saturated carbocycles. The maximum Gasteiger partial charge on any atom is 0.320 e. The first-order chi connectivity index (χ1) is 6.68. The number of hydrazine groups is 2. The summed E-state index contributed by atoms with van der Waals surface area (Å²) in [5.41, 5.74) is 9.98. The van der Waals surface area contributed by atoms with Crippen molar-refractivity contribution in [2.24, 2.45) is 16.6 Å². The van der Waals surface area contributed by atoms with Gasteiger partial charge in [0.25, 0.3) is 0 Å². The molecule has 0 aromatic carbocycles. The molecule has 0 aliphatic rings. The van der Waals surface area contributed by atoms with Gasteiger partial charge in [0.05, 0.1) is 6.34 Å². The fraction of sp³-hybridized carbons (Fsp3) is 0.714. The molecular formula is C7H18ClN5O2. The Balaban J connectivity index is 0. The molecule has 7 N–H and O–H groups in total. The summed E-state index contributed by atoms with van der Waals surface area (Å²) in [5.74, 6) is 3.95. The Morgan fingerprint density at radius 2 is 2.20 bits per heavy atom. The van der Waals surface area contributed by atoms with Gasteiger partial charge in [0.15, 0.2) is 0 Å². The first-order valence-corrected chi connectivity index (χ1v) is 4.36. The second-order valence-electron chi connectivity index (χ2n) is 2.76. The number of aliphatic carboxylic acids is 1. The van der Waals surface area contributed by atoms with E-state index < -0.39 is 12.0 Å². The van der Waals surface area contributed by atoms with Gasteiger partial charge in [-0.15, -0.1) is 12.4 Å². The van der Waals surface area contributed by atoms with Crippen LogP contribution in [0.25, 0.3) is 0 Å². The van der Waals surface area contributed by atoms with Crippen LogP contribution in [0.5, 0.6) is 0 Å². The molecule has 15 heavy (non-hydrogen) atoms. The highest BCUT2D eigenvalue weighted by molar-refractivity contribution is 5.85. The molecule has 1 atom stereocenters. The SMILES string of the molecule is Cl.NNNC=NCCCC[C@H](N)C(=O)O. The van der Waals surface area contributed by atoms with Crippen LogP contribution in [0.1, 0.15) is 19.3 Å². The Hall–Kier alpha value is -0.890. The second kappa shape index (κ2) is 11.2. The van der Waals surface area contributed by atoms with Crippen molar-refractivity contribution in [3.63, 3.8) is 0 Å². The van der Waals surface area contributed by atoms with Gasteiger partial charge in [-0.05, 0) is 19.3 Å². The summed E-state index contributed by atoms with van der Waals surface area (Å²) in [5, 5.41) is 8.47. The predicted molar refractivity (Wildman–Crippen MR) is 60.5 cm³/mol. The summed E-state index contributed by atoms with van der Waals surface area (Å²) in [7, 11) is 0. The van der Waals surface area contributed by atoms with Crippen molar-refractivity contribution in [3.05, 3.63) is 0 Å². The first kappa shape index (κ1) is 16.5. The van der Waals surface area contributed by atoms with Crippen LogP contribution in [0, 0.1) is 0 Å². The smallest absolute Gasteiger partial charge is 0.320 e. The lowest BCUT2D eigenvalue weighted by Crippen LogP contribution is -2.36. The lowest BCUT2D eigenvalue weighted by molar-refractivity contribution is -0.138. The van der Waals surface area contributed by atoms with E-state index in [9.17, 15) is 4.79 Å². The van der Waals surface area contributed by atoms with Gasteiger partial charge in [-0.25, -0.2) is 0 Å². The van der Waals surface area contributed by atoms with Gasteiger partial charge in [-0.3, -0.25) is 21.1 Å². The van der Waals surface area contributed by atoms with Crippen molar-refractivity contribution in [1.29, 1.82) is 0 Å². The molecule has 0 saturated heterocycles. The molecule has 90 valence electrons. The number of carboxylic acid groups (broad SMARTS) is 1. The number of rotatable bonds is 8. The Labute approximate surface area is 94.7 Å². The Kier molecular flexibility index (Phi) is 12.3. The first-order valence-electron chi connectivity index (χ1n) is 4.36. The van der Waals surface area contributed by atoms with Crippen LogP contribution in [0.15, 0.2) is 4.99 Å². The molecule has 0 heterocycles. The molecule has 0 fully saturated rings. The van der Waals surface area contributed by atoms with Crippen molar-refractivity contribution in [3.8, 4) is 0 Å². The third kappa shape index (κ3) is 11.0. The third-order valence-electron chi connectivity index (χ3n) is 1.61. The van der Waals surface area contributed by atoms with Gasteiger partial charge >= 0.3 is 5.97 Å². The molecule has 0 spiro atoms. The van der Waals surface area contributed by atoms with Gasteiger partial charge in [-0.1, -0.05) is 0 Å². The van der Waals surface area contributed by atoms with E-state index in [0.29, 0.717) is 13.0 Å². The molecule has 0 unspecified atom stereocenters. The van der Waals surface area contributed by atoms with Gasteiger partial charge in [0, 0.05) is 6.54 Å². The van der Waals surface area contributed by atoms with Crippen molar-refractivity contribution in [2.75, 3.05) is 6.54 Å². The number of unbranched alkanes of at least 4 members (excludes halogenated alkanes) is 1. The Morgan fingerprint density at radius 1 is 1.53 bits per heavy atom. The summed E-state index contributed by atoms with van der Waals surface area (Å²) in [4.78, 5) is 14.3. The molecule has 0 rings (SSSR count). The number of hydrogen-bond acceptors (Lipinski definition) is 5. The molecule has 0 aromatic rings. The zero-order valence-corrected chi connectivity index (χ0v) is 9.17. The van der Waals surface area contributed by atoms with E-state index in [-0.39, 0.29) is 12.4 Å². The lowest BCUT2D eigenvalue weighted by atomic mass is 10.1. The van der Waals surface area contributed by atoms with E-state index in [1.54, 1.807) is 0 Å². The van der Waals surface area contributed by atoms with Gasteiger partial charge in [-0.2, -0.15) is 5.53 Å². The molecular weight excluding hydrogens is 222 g/mol. The maximum absolute atomic E-state index is 10.3. The summed E-state index contributed by atoms with van der Waals surface area (Å²) in [6, 6.07) is -0.761. The summed E-state index contributed by atoms with van der Waals surface area (Å²) >= 11 is 0. The Bertz CT molecular complexity index is 190. The van der Waals surface area contributed by atoms with Gasteiger partial charge in [0.1, 0.15) is 6.04 Å². The number of nitrogens with one attached hydrogen (secondary N) is 2. The van der Waals surface area contributed by atoms with Crippen LogP contribution in [-0.4, -0.2) is 30.0 Å². The molecule has 0 aliphatic heterocycles. The normalized spacial score (nSPS) is 12.1. The minimum Gasteiger partial charge on any atom is -0.480 e. The summed E-state index contributed by atoms with van der Waals surface area (Å²) < 4.78 is 0. The molecule has 0 radical (unpaired) electrons. The van der Waals surface area contributed by atoms with Crippen molar-refractivity contribution in [1.82, 2.24) is 11.0 Å². The Morgan fingerprint density at radius 3 is 2.73 bits per heavy atom. The van der Waals surface area contributed by atoms with E-state index in [1.165, 1.54) is 6.34 Å². The average molecular weight is 240 g/mol. The molecule has 0 aromatic heterocycles. The monoisotopic (exact) mass is 239 g/mol. The van der Waals surface area contributed by atoms with Crippen LogP contribution in [0.3, 0.4) is 0 Å². The zero-order valence-electron chi connectivity index (χ0n) is 8.35. The van der Waals surface area contributed by atoms with Crippen molar-refractivity contribution >= 4 is 24.7 Å². The highest BCUT2D eigenvalue weighted by atomic mass is 35.5. The fourth-order valence-electron chi connectivity index (χ4n) is 0.838. The highest BCUT2D eigenvalue weighted by Crippen LogP contribution is 1.98. The number of nitrogens with two attached hydrogens (primary N) is 2. The summed E-state index contributed by atoms with van der Waals surface area (Å²) in [6.07, 6.45) is 3.48. The van der Waals surface area contributed by atoms with E-state index in [0.717, 1.165) is 12.8 Å². The topological polar surface area (TPSA) is 126 Å². The molecule has 8 heteroatoms. The number of nitrogens with zero attached hydrogens (tertiary/aromatic N) is 1. The van der Waals surface area contributed by atoms with Crippen molar-refractivity contribution < 1.29 is 9.90 Å². The van der Waals surface area contributed by atoms with E-state index in [2.05, 4.69) is 16.0 Å². The molecule has 0 aliphatic carbocycles. The zero-order chi connectivity index (χ0) is 10.8. The van der Waals surface area contributed by atoms with E-state index in [4.69, 9.17) is 16.7 Å². The number of carboxylic acids is 1. The van der Waals surface area contributed by atoms with Crippen molar-refractivity contribution in [2.45, 2.75) is 25.3 Å². The van der Waals surface area contributed by atoms with Crippen LogP contribution >= 0.6 is 12.4 Å². The fourth-order valence-corrected chi connectivity index (χ4v) is 0.838. The maximum atomic E-state index is 10.3. The van der Waals surface area contributed by atoms with Crippen LogP contribution < -0.4 is 22.5 Å². The average Bonchev–Trinajstić information content (AvgIpc) is 2.16. The third-order valence-corrected chi connectivity index (χ3v) is 1.61. The minimum atomic E-state index is -0.956. The number of aliphatic imine (C=N–C) groups is 1. The predicted octanol–water partition coefficient (Wildman–Crippen LogP) is -1.01. The lowest BCUT2D eigenvalue weighted by Gasteiger charge is -2.04. The molecule has 0 bridgehead atoms.